The molecule has 6 nitrogen and oxygen atoms in total. The van der Waals surface area contributed by atoms with E-state index in [2.05, 4.69) is 5.32 Å². The summed E-state index contributed by atoms with van der Waals surface area (Å²) in [5, 5.41) is 3.09. The molecule has 0 radical (unpaired) electrons. The largest absolute Gasteiger partial charge is 0.490 e. The number of benzene rings is 2. The van der Waals surface area contributed by atoms with Gasteiger partial charge in [-0.05, 0) is 42.3 Å². The van der Waals surface area contributed by atoms with Gasteiger partial charge in [-0.3, -0.25) is 4.79 Å². The number of aryl methyl sites for hydroxylation is 1. The van der Waals surface area contributed by atoms with Gasteiger partial charge in [0.15, 0.2) is 0 Å². The van der Waals surface area contributed by atoms with Crippen LogP contribution in [-0.4, -0.2) is 25.2 Å². The fourth-order valence-corrected chi connectivity index (χ4v) is 2.49. The lowest BCUT2D eigenvalue weighted by Gasteiger charge is -2.17. The number of nitrogens with two attached hydrogens (primary N) is 1. The molecule has 0 saturated carbocycles. The average molecular weight is 377 g/mol. The van der Waals surface area contributed by atoms with Crippen LogP contribution in [0.4, 0.5) is 4.79 Å². The Morgan fingerprint density at radius 3 is 2.54 bits per heavy atom. The first-order valence-electron chi connectivity index (χ1n) is 8.10. The van der Waals surface area contributed by atoms with Crippen molar-refractivity contribution in [3.63, 3.8) is 0 Å². The third-order valence-corrected chi connectivity index (χ3v) is 3.82. The molecule has 2 aromatic carbocycles. The highest BCUT2D eigenvalue weighted by Gasteiger charge is 2.18. The number of carbonyl (C=O) groups excluding carboxylic acids is 2. The second kappa shape index (κ2) is 9.68. The van der Waals surface area contributed by atoms with E-state index >= 15 is 0 Å². The number of hydrogen-bond acceptors (Lipinski definition) is 4. The summed E-state index contributed by atoms with van der Waals surface area (Å²) in [6.45, 7) is 2.32. The van der Waals surface area contributed by atoms with Gasteiger partial charge in [0.05, 0.1) is 12.5 Å². The van der Waals surface area contributed by atoms with Crippen molar-refractivity contribution in [2.45, 2.75) is 19.4 Å². The first kappa shape index (κ1) is 19.6. The third kappa shape index (κ3) is 6.64. The van der Waals surface area contributed by atoms with Crippen molar-refractivity contribution in [2.24, 2.45) is 5.73 Å². The van der Waals surface area contributed by atoms with Gasteiger partial charge in [-0.2, -0.15) is 0 Å². The number of esters is 1. The van der Waals surface area contributed by atoms with E-state index in [1.165, 1.54) is 0 Å². The Balaban J connectivity index is 1.82. The summed E-state index contributed by atoms with van der Waals surface area (Å²) in [5.74, 6) is 0.252. The normalized spacial score (nSPS) is 11.5. The van der Waals surface area contributed by atoms with Crippen LogP contribution in [0.1, 0.15) is 23.6 Å². The van der Waals surface area contributed by atoms with Gasteiger partial charge in [0.1, 0.15) is 19.0 Å². The number of urea groups is 1. The van der Waals surface area contributed by atoms with Crippen molar-refractivity contribution in [1.82, 2.24) is 5.32 Å². The molecule has 0 saturated heterocycles. The molecule has 0 spiro atoms. The van der Waals surface area contributed by atoms with E-state index in [9.17, 15) is 9.59 Å². The molecular formula is C19H21ClN2O4. The van der Waals surface area contributed by atoms with Crippen LogP contribution >= 0.6 is 11.6 Å². The van der Waals surface area contributed by atoms with Crippen molar-refractivity contribution in [1.29, 1.82) is 0 Å². The second-order valence-corrected chi connectivity index (χ2v) is 6.14. The highest BCUT2D eigenvalue weighted by atomic mass is 35.5. The summed E-state index contributed by atoms with van der Waals surface area (Å²) in [4.78, 5) is 23.2. The Kier molecular flexibility index (Phi) is 7.29. The molecule has 0 bridgehead atoms. The van der Waals surface area contributed by atoms with E-state index in [0.29, 0.717) is 10.6 Å². The fourth-order valence-electron chi connectivity index (χ4n) is 2.36. The molecule has 2 aromatic rings. The number of hydrogen-bond donors (Lipinski definition) is 2. The van der Waals surface area contributed by atoms with E-state index in [1.807, 2.05) is 31.2 Å². The summed E-state index contributed by atoms with van der Waals surface area (Å²) in [6, 6.07) is 13.1. The molecule has 0 fully saturated rings. The summed E-state index contributed by atoms with van der Waals surface area (Å²) in [6.07, 6.45) is -0.0466. The maximum Gasteiger partial charge on any atom is 0.312 e. The summed E-state index contributed by atoms with van der Waals surface area (Å²) in [7, 11) is 0. The molecule has 0 aliphatic carbocycles. The van der Waals surface area contributed by atoms with Crippen LogP contribution in [0.3, 0.4) is 0 Å². The highest BCUT2D eigenvalue weighted by Crippen LogP contribution is 2.20. The quantitative estimate of drug-likeness (QED) is 0.546. The number of ether oxygens (including phenoxy) is 2. The SMILES string of the molecule is Cc1cccc(OCCOC(=O)C[C@H](NC(N)=O)c2ccc(Cl)cc2)c1. The number of nitrogens with one attached hydrogen (secondary N) is 1. The third-order valence-electron chi connectivity index (χ3n) is 3.56. The molecule has 2 rings (SSSR count). The number of carbonyl (C=O) groups is 2. The van der Waals surface area contributed by atoms with Gasteiger partial charge in [-0.15, -0.1) is 0 Å². The molecule has 7 heteroatoms. The zero-order valence-electron chi connectivity index (χ0n) is 14.4. The molecule has 0 aromatic heterocycles. The Bertz CT molecular complexity index is 749. The minimum absolute atomic E-state index is 0.0466. The van der Waals surface area contributed by atoms with Gasteiger partial charge < -0.3 is 20.5 Å². The standard InChI is InChI=1S/C19H21ClN2O4/c1-13-3-2-4-16(11-13)25-9-10-26-18(23)12-17(22-19(21)24)14-5-7-15(20)8-6-14/h2-8,11,17H,9-10,12H2,1H3,(H3,21,22,24)/t17-/m0/s1. The Labute approximate surface area is 157 Å². The van der Waals surface area contributed by atoms with Gasteiger partial charge in [-0.1, -0.05) is 35.9 Å². The van der Waals surface area contributed by atoms with Crippen LogP contribution in [0.15, 0.2) is 48.5 Å². The first-order chi connectivity index (χ1) is 12.4. The van der Waals surface area contributed by atoms with Gasteiger partial charge in [-0.25, -0.2) is 4.79 Å². The lowest BCUT2D eigenvalue weighted by Crippen LogP contribution is -2.34. The van der Waals surface area contributed by atoms with Crippen molar-refractivity contribution in [3.05, 3.63) is 64.7 Å². The van der Waals surface area contributed by atoms with Crippen LogP contribution in [0.2, 0.25) is 5.02 Å². The average Bonchev–Trinajstić information content (AvgIpc) is 2.58. The molecule has 3 N–H and O–H groups in total. The summed E-state index contributed by atoms with van der Waals surface area (Å²) in [5.41, 5.74) is 6.98. The molecule has 26 heavy (non-hydrogen) atoms. The lowest BCUT2D eigenvalue weighted by molar-refractivity contribution is -0.144. The predicted octanol–water partition coefficient (Wildman–Crippen LogP) is 3.37. The number of amides is 2. The van der Waals surface area contributed by atoms with E-state index in [1.54, 1.807) is 24.3 Å². The topological polar surface area (TPSA) is 90.7 Å². The zero-order valence-corrected chi connectivity index (χ0v) is 15.2. The van der Waals surface area contributed by atoms with Crippen molar-refractivity contribution in [3.8, 4) is 5.75 Å². The highest BCUT2D eigenvalue weighted by molar-refractivity contribution is 6.30. The monoisotopic (exact) mass is 376 g/mol. The molecule has 138 valence electrons. The van der Waals surface area contributed by atoms with Gasteiger partial charge in [0.25, 0.3) is 0 Å². The van der Waals surface area contributed by atoms with Crippen LogP contribution in [0.25, 0.3) is 0 Å². The van der Waals surface area contributed by atoms with E-state index in [0.717, 1.165) is 11.3 Å². The zero-order chi connectivity index (χ0) is 18.9. The van der Waals surface area contributed by atoms with E-state index < -0.39 is 18.0 Å². The fraction of sp³-hybridized carbons (Fsp3) is 0.263. The Morgan fingerprint density at radius 2 is 1.88 bits per heavy atom. The van der Waals surface area contributed by atoms with Gasteiger partial charge >= 0.3 is 12.0 Å². The summed E-state index contributed by atoms with van der Waals surface area (Å²) >= 11 is 5.86. The Morgan fingerprint density at radius 1 is 1.15 bits per heavy atom. The second-order valence-electron chi connectivity index (χ2n) is 5.70. The molecule has 2 amide bonds. The van der Waals surface area contributed by atoms with E-state index in [4.69, 9.17) is 26.8 Å². The van der Waals surface area contributed by atoms with Crippen molar-refractivity contribution < 1.29 is 19.1 Å². The van der Waals surface area contributed by atoms with Crippen LogP contribution in [-0.2, 0) is 9.53 Å². The molecule has 0 heterocycles. The van der Waals surface area contributed by atoms with Crippen molar-refractivity contribution in [2.75, 3.05) is 13.2 Å². The maximum atomic E-state index is 12.0. The number of halogens is 1. The van der Waals surface area contributed by atoms with Gasteiger partial charge in [0.2, 0.25) is 0 Å². The minimum Gasteiger partial charge on any atom is -0.490 e. The minimum atomic E-state index is -0.722. The number of primary amides is 1. The lowest BCUT2D eigenvalue weighted by atomic mass is 10.0. The smallest absolute Gasteiger partial charge is 0.312 e. The van der Waals surface area contributed by atoms with Crippen LogP contribution in [0.5, 0.6) is 5.75 Å². The molecule has 0 unspecified atom stereocenters. The maximum absolute atomic E-state index is 12.0. The predicted molar refractivity (Wildman–Crippen MR) is 99.2 cm³/mol. The van der Waals surface area contributed by atoms with Gasteiger partial charge in [0, 0.05) is 5.02 Å². The molecule has 0 aliphatic rings. The number of rotatable bonds is 8. The molecule has 1 atom stereocenters. The molecular weight excluding hydrogens is 356 g/mol. The van der Waals surface area contributed by atoms with Crippen LogP contribution in [0, 0.1) is 6.92 Å². The van der Waals surface area contributed by atoms with Crippen molar-refractivity contribution >= 4 is 23.6 Å². The first-order valence-corrected chi connectivity index (χ1v) is 8.48. The summed E-state index contributed by atoms with van der Waals surface area (Å²) < 4.78 is 10.7. The Hall–Kier alpha value is -2.73. The molecule has 0 aliphatic heterocycles. The van der Waals surface area contributed by atoms with E-state index in [-0.39, 0.29) is 19.6 Å². The van der Waals surface area contributed by atoms with Crippen LogP contribution < -0.4 is 15.8 Å².